The van der Waals surface area contributed by atoms with Crippen LogP contribution in [0.4, 0.5) is 5.69 Å². The summed E-state index contributed by atoms with van der Waals surface area (Å²) >= 11 is 5.78. The minimum atomic E-state index is -0.624. The second kappa shape index (κ2) is 5.30. The van der Waals surface area contributed by atoms with E-state index >= 15 is 0 Å². The summed E-state index contributed by atoms with van der Waals surface area (Å²) in [4.78, 5) is 11.8. The Morgan fingerprint density at radius 3 is 2.71 bits per heavy atom. The van der Waals surface area contributed by atoms with Gasteiger partial charge in [0.15, 0.2) is 0 Å². The number of alkyl halides is 1. The maximum atomic E-state index is 11.8. The summed E-state index contributed by atoms with van der Waals surface area (Å²) in [6, 6.07) is 11.4. The zero-order valence-corrected chi connectivity index (χ0v) is 12.4. The van der Waals surface area contributed by atoms with Crippen LogP contribution in [0.3, 0.4) is 0 Å². The molecule has 0 fully saturated rings. The van der Waals surface area contributed by atoms with E-state index in [0.29, 0.717) is 17.0 Å². The Bertz CT molecular complexity index is 823. The van der Waals surface area contributed by atoms with E-state index in [1.807, 2.05) is 30.3 Å². The number of benzene rings is 2. The van der Waals surface area contributed by atoms with E-state index in [-0.39, 0.29) is 5.91 Å². The molecule has 1 atom stereocenters. The molecule has 1 amide bonds. The highest BCUT2D eigenvalue weighted by molar-refractivity contribution is 6.32. The Morgan fingerprint density at radius 2 is 2.00 bits per heavy atom. The number of methoxy groups -OCH3 is 1. The number of carbonyl (C=O) groups excluding carboxylic acids is 1. The molecular formula is C16H14ClNO3. The van der Waals surface area contributed by atoms with E-state index in [1.54, 1.807) is 20.1 Å². The molecule has 21 heavy (non-hydrogen) atoms. The average molecular weight is 304 g/mol. The topological polar surface area (TPSA) is 51.5 Å². The molecule has 0 radical (unpaired) electrons. The van der Waals surface area contributed by atoms with Crippen molar-refractivity contribution in [3.05, 3.63) is 36.4 Å². The Kier molecular flexibility index (Phi) is 3.47. The molecule has 4 nitrogen and oxygen atoms in total. The number of nitrogens with one attached hydrogen (secondary N) is 1. The zero-order chi connectivity index (χ0) is 15.0. The number of rotatable bonds is 3. The zero-order valence-electron chi connectivity index (χ0n) is 11.6. The molecule has 0 aliphatic heterocycles. The van der Waals surface area contributed by atoms with Crippen molar-refractivity contribution < 1.29 is 13.9 Å². The van der Waals surface area contributed by atoms with Crippen molar-refractivity contribution in [2.45, 2.75) is 12.3 Å². The van der Waals surface area contributed by atoms with Crippen molar-refractivity contribution in [3.63, 3.8) is 0 Å². The first-order valence-electron chi connectivity index (χ1n) is 6.54. The first-order valence-corrected chi connectivity index (χ1v) is 6.98. The summed E-state index contributed by atoms with van der Waals surface area (Å²) in [7, 11) is 1.56. The highest BCUT2D eigenvalue weighted by Gasteiger charge is 2.16. The summed E-state index contributed by atoms with van der Waals surface area (Å²) in [6.07, 6.45) is 0. The third-order valence-electron chi connectivity index (χ3n) is 3.32. The molecule has 0 saturated heterocycles. The number of fused-ring (bicyclic) bond motifs is 3. The Balaban J connectivity index is 2.17. The van der Waals surface area contributed by atoms with E-state index in [1.165, 1.54) is 0 Å². The lowest BCUT2D eigenvalue weighted by Crippen LogP contribution is -2.20. The number of halogens is 1. The van der Waals surface area contributed by atoms with Gasteiger partial charge in [0.05, 0.1) is 12.8 Å². The smallest absolute Gasteiger partial charge is 0.242 e. The molecule has 108 valence electrons. The number of furan rings is 1. The Morgan fingerprint density at radius 1 is 1.24 bits per heavy atom. The molecule has 3 aromatic rings. The standard InChI is InChI=1S/C16H14ClNO3/c1-9(17)16(19)18-12-8-14-11(7-15(12)20-2)10-5-3-4-6-13(10)21-14/h3-9H,1-2H3,(H,18,19)/t9-/m1/s1. The molecule has 5 heteroatoms. The van der Waals surface area contributed by atoms with Gasteiger partial charge in [0.1, 0.15) is 22.3 Å². The fourth-order valence-electron chi connectivity index (χ4n) is 2.25. The van der Waals surface area contributed by atoms with Crippen LogP contribution in [0.2, 0.25) is 0 Å². The predicted octanol–water partition coefficient (Wildman–Crippen LogP) is 4.16. The van der Waals surface area contributed by atoms with Crippen molar-refractivity contribution in [1.29, 1.82) is 0 Å². The van der Waals surface area contributed by atoms with E-state index in [2.05, 4.69) is 5.32 Å². The maximum Gasteiger partial charge on any atom is 0.242 e. The number of para-hydroxylation sites is 1. The SMILES string of the molecule is COc1cc2c(cc1NC(=O)[C@@H](C)Cl)oc1ccccc12. The normalized spacial score (nSPS) is 12.5. The number of ether oxygens (including phenoxy) is 1. The highest BCUT2D eigenvalue weighted by atomic mass is 35.5. The number of anilines is 1. The largest absolute Gasteiger partial charge is 0.495 e. The molecule has 0 bridgehead atoms. The Labute approximate surface area is 126 Å². The van der Waals surface area contributed by atoms with Crippen LogP contribution in [0.5, 0.6) is 5.75 Å². The molecule has 0 saturated carbocycles. The molecular weight excluding hydrogens is 290 g/mol. The fourth-order valence-corrected chi connectivity index (χ4v) is 2.30. The molecule has 0 unspecified atom stereocenters. The van der Waals surface area contributed by atoms with Crippen LogP contribution in [0.25, 0.3) is 21.9 Å². The first kappa shape index (κ1) is 13.8. The molecule has 3 rings (SSSR count). The minimum absolute atomic E-state index is 0.287. The predicted molar refractivity (Wildman–Crippen MR) is 84.2 cm³/mol. The first-order chi connectivity index (χ1) is 10.1. The van der Waals surface area contributed by atoms with Gasteiger partial charge < -0.3 is 14.5 Å². The summed E-state index contributed by atoms with van der Waals surface area (Å²) in [5.41, 5.74) is 2.03. The summed E-state index contributed by atoms with van der Waals surface area (Å²) < 4.78 is 11.1. The lowest BCUT2D eigenvalue weighted by Gasteiger charge is -2.11. The van der Waals surface area contributed by atoms with Crippen molar-refractivity contribution in [1.82, 2.24) is 0 Å². The van der Waals surface area contributed by atoms with Gasteiger partial charge in [-0.25, -0.2) is 0 Å². The second-order valence-corrected chi connectivity index (χ2v) is 5.41. The van der Waals surface area contributed by atoms with Gasteiger partial charge in [0.2, 0.25) is 5.91 Å². The highest BCUT2D eigenvalue weighted by Crippen LogP contribution is 2.36. The summed E-state index contributed by atoms with van der Waals surface area (Å²) in [5, 5.41) is 4.07. The molecule has 0 spiro atoms. The van der Waals surface area contributed by atoms with E-state index in [9.17, 15) is 4.79 Å². The third kappa shape index (κ3) is 2.43. The van der Waals surface area contributed by atoms with Crippen LogP contribution in [-0.2, 0) is 4.79 Å². The van der Waals surface area contributed by atoms with Gasteiger partial charge in [-0.05, 0) is 19.1 Å². The lowest BCUT2D eigenvalue weighted by molar-refractivity contribution is -0.115. The van der Waals surface area contributed by atoms with Crippen LogP contribution < -0.4 is 10.1 Å². The lowest BCUT2D eigenvalue weighted by atomic mass is 10.1. The fraction of sp³-hybridized carbons (Fsp3) is 0.188. The van der Waals surface area contributed by atoms with Gasteiger partial charge in [-0.1, -0.05) is 18.2 Å². The second-order valence-electron chi connectivity index (χ2n) is 4.75. The van der Waals surface area contributed by atoms with Crippen molar-refractivity contribution in [2.24, 2.45) is 0 Å². The number of hydrogen-bond acceptors (Lipinski definition) is 3. The van der Waals surface area contributed by atoms with Gasteiger partial charge in [-0.3, -0.25) is 4.79 Å². The maximum absolute atomic E-state index is 11.8. The van der Waals surface area contributed by atoms with Crippen molar-refractivity contribution in [3.8, 4) is 5.75 Å². The van der Waals surface area contributed by atoms with Gasteiger partial charge in [0.25, 0.3) is 0 Å². The third-order valence-corrected chi connectivity index (χ3v) is 3.52. The molecule has 1 N–H and O–H groups in total. The number of amides is 1. The van der Waals surface area contributed by atoms with Crippen LogP contribution in [0, 0.1) is 0 Å². The van der Waals surface area contributed by atoms with E-state index < -0.39 is 5.38 Å². The molecule has 1 aromatic heterocycles. The van der Waals surface area contributed by atoms with Gasteiger partial charge in [-0.15, -0.1) is 11.6 Å². The van der Waals surface area contributed by atoms with Crippen LogP contribution in [0.1, 0.15) is 6.92 Å². The van der Waals surface area contributed by atoms with Crippen LogP contribution >= 0.6 is 11.6 Å². The quantitative estimate of drug-likeness (QED) is 0.739. The van der Waals surface area contributed by atoms with Crippen LogP contribution in [0.15, 0.2) is 40.8 Å². The van der Waals surface area contributed by atoms with Crippen molar-refractivity contribution in [2.75, 3.05) is 12.4 Å². The molecule has 1 heterocycles. The summed E-state index contributed by atoms with van der Waals surface area (Å²) in [6.45, 7) is 1.61. The van der Waals surface area contributed by atoms with E-state index in [4.69, 9.17) is 20.8 Å². The monoisotopic (exact) mass is 303 g/mol. The number of hydrogen-bond donors (Lipinski definition) is 1. The molecule has 0 aliphatic rings. The minimum Gasteiger partial charge on any atom is -0.495 e. The van der Waals surface area contributed by atoms with Gasteiger partial charge >= 0.3 is 0 Å². The average Bonchev–Trinajstić information content (AvgIpc) is 2.83. The van der Waals surface area contributed by atoms with Gasteiger partial charge in [0, 0.05) is 16.8 Å². The van der Waals surface area contributed by atoms with E-state index in [0.717, 1.165) is 16.4 Å². The molecule has 0 aliphatic carbocycles. The van der Waals surface area contributed by atoms with Gasteiger partial charge in [-0.2, -0.15) is 0 Å². The number of carbonyl (C=O) groups is 1. The van der Waals surface area contributed by atoms with Crippen LogP contribution in [-0.4, -0.2) is 18.4 Å². The molecule has 2 aromatic carbocycles. The van der Waals surface area contributed by atoms with Crippen molar-refractivity contribution >= 4 is 45.1 Å². The Hall–Kier alpha value is -2.20. The summed E-state index contributed by atoms with van der Waals surface area (Å²) in [5.74, 6) is 0.283.